The maximum absolute atomic E-state index is 12.6. The van der Waals surface area contributed by atoms with Crippen LogP contribution in [0, 0.1) is 0 Å². The highest BCUT2D eigenvalue weighted by molar-refractivity contribution is 7.07. The number of amides is 1. The standard InChI is InChI=1S/C17H17N3O3S/c1-3-20-16(22)13-5-4-12(8-14(13)18-17(20)23)15(21)19(2)9-11-6-7-24-10-11/h4-8,10H,3,9H2,1-2H3,(H,18,23). The van der Waals surface area contributed by atoms with Crippen LogP contribution in [0.3, 0.4) is 0 Å². The van der Waals surface area contributed by atoms with Crippen molar-refractivity contribution in [3.63, 3.8) is 0 Å². The monoisotopic (exact) mass is 343 g/mol. The van der Waals surface area contributed by atoms with E-state index in [9.17, 15) is 14.4 Å². The molecule has 0 saturated heterocycles. The molecule has 3 rings (SSSR count). The number of H-pyrrole nitrogens is 1. The number of nitrogens with one attached hydrogen (secondary N) is 1. The Morgan fingerprint density at radius 3 is 2.75 bits per heavy atom. The Morgan fingerprint density at radius 2 is 2.08 bits per heavy atom. The SMILES string of the molecule is CCn1c(=O)[nH]c2cc(C(=O)N(C)Cc3ccsc3)ccc2c1=O. The summed E-state index contributed by atoms with van der Waals surface area (Å²) in [6.07, 6.45) is 0. The number of carbonyl (C=O) groups excluding carboxylic acids is 1. The third-order valence-corrected chi connectivity index (χ3v) is 4.62. The molecule has 0 unspecified atom stereocenters. The van der Waals surface area contributed by atoms with Crippen molar-refractivity contribution in [2.24, 2.45) is 0 Å². The van der Waals surface area contributed by atoms with E-state index in [1.54, 1.807) is 48.4 Å². The predicted molar refractivity (Wildman–Crippen MR) is 94.6 cm³/mol. The molecule has 0 atom stereocenters. The fourth-order valence-electron chi connectivity index (χ4n) is 2.62. The number of hydrogen-bond acceptors (Lipinski definition) is 4. The van der Waals surface area contributed by atoms with Gasteiger partial charge in [0.1, 0.15) is 0 Å². The van der Waals surface area contributed by atoms with Gasteiger partial charge in [-0.05, 0) is 47.5 Å². The van der Waals surface area contributed by atoms with Crippen LogP contribution in [0.2, 0.25) is 0 Å². The van der Waals surface area contributed by atoms with Crippen LogP contribution in [0.4, 0.5) is 0 Å². The van der Waals surface area contributed by atoms with Crippen LogP contribution in [0.25, 0.3) is 10.9 Å². The predicted octanol–water partition coefficient (Wildman–Crippen LogP) is 2.04. The molecule has 0 aliphatic rings. The molecule has 3 aromatic rings. The van der Waals surface area contributed by atoms with Gasteiger partial charge in [0.15, 0.2) is 0 Å². The minimum atomic E-state index is -0.466. The summed E-state index contributed by atoms with van der Waals surface area (Å²) in [4.78, 5) is 41.0. The minimum absolute atomic E-state index is 0.163. The average Bonchev–Trinajstić information content (AvgIpc) is 3.07. The van der Waals surface area contributed by atoms with Crippen LogP contribution in [0.15, 0.2) is 44.6 Å². The number of thiophene rings is 1. The molecular weight excluding hydrogens is 326 g/mol. The Balaban J connectivity index is 1.97. The maximum atomic E-state index is 12.6. The highest BCUT2D eigenvalue weighted by atomic mass is 32.1. The molecule has 0 bridgehead atoms. The Morgan fingerprint density at radius 1 is 1.29 bits per heavy atom. The summed E-state index contributed by atoms with van der Waals surface area (Å²) < 4.78 is 1.13. The zero-order valence-corrected chi connectivity index (χ0v) is 14.2. The average molecular weight is 343 g/mol. The van der Waals surface area contributed by atoms with Gasteiger partial charge < -0.3 is 9.88 Å². The first kappa shape index (κ1) is 16.2. The van der Waals surface area contributed by atoms with E-state index in [-0.39, 0.29) is 11.5 Å². The van der Waals surface area contributed by atoms with Crippen molar-refractivity contribution in [3.8, 4) is 0 Å². The second-order valence-electron chi connectivity index (χ2n) is 5.53. The van der Waals surface area contributed by atoms with E-state index in [1.807, 2.05) is 16.8 Å². The number of aromatic amines is 1. The van der Waals surface area contributed by atoms with Gasteiger partial charge in [0.2, 0.25) is 0 Å². The van der Waals surface area contributed by atoms with E-state index in [0.29, 0.717) is 29.6 Å². The van der Waals surface area contributed by atoms with Gasteiger partial charge in [0.25, 0.3) is 11.5 Å². The molecule has 2 aromatic heterocycles. The molecule has 6 nitrogen and oxygen atoms in total. The number of carbonyl (C=O) groups is 1. The molecule has 24 heavy (non-hydrogen) atoms. The Hall–Kier alpha value is -2.67. The molecule has 0 aliphatic heterocycles. The van der Waals surface area contributed by atoms with Crippen molar-refractivity contribution >= 4 is 28.1 Å². The number of aromatic nitrogens is 2. The van der Waals surface area contributed by atoms with E-state index in [4.69, 9.17) is 0 Å². The lowest BCUT2D eigenvalue weighted by molar-refractivity contribution is 0.0785. The molecule has 0 fully saturated rings. The van der Waals surface area contributed by atoms with E-state index < -0.39 is 5.69 Å². The quantitative estimate of drug-likeness (QED) is 0.788. The van der Waals surface area contributed by atoms with Gasteiger partial charge in [-0.15, -0.1) is 0 Å². The van der Waals surface area contributed by atoms with Crippen molar-refractivity contribution in [1.29, 1.82) is 0 Å². The topological polar surface area (TPSA) is 75.2 Å². The summed E-state index contributed by atoms with van der Waals surface area (Å²) in [5.41, 5.74) is 1.07. The van der Waals surface area contributed by atoms with Crippen LogP contribution in [-0.4, -0.2) is 27.4 Å². The lowest BCUT2D eigenvalue weighted by Gasteiger charge is -2.16. The summed E-state index contributed by atoms with van der Waals surface area (Å²) in [7, 11) is 1.72. The smallest absolute Gasteiger partial charge is 0.328 e. The van der Waals surface area contributed by atoms with Gasteiger partial charge in [-0.25, -0.2) is 4.79 Å². The first-order valence-corrected chi connectivity index (χ1v) is 8.49. The Bertz CT molecular complexity index is 1000. The lowest BCUT2D eigenvalue weighted by Crippen LogP contribution is -2.34. The van der Waals surface area contributed by atoms with Crippen molar-refractivity contribution in [2.45, 2.75) is 20.0 Å². The normalized spacial score (nSPS) is 10.9. The third kappa shape index (κ3) is 2.90. The summed E-state index contributed by atoms with van der Waals surface area (Å²) >= 11 is 1.58. The van der Waals surface area contributed by atoms with E-state index in [0.717, 1.165) is 10.1 Å². The second-order valence-corrected chi connectivity index (χ2v) is 6.31. The highest BCUT2D eigenvalue weighted by Gasteiger charge is 2.14. The fraction of sp³-hybridized carbons (Fsp3) is 0.235. The van der Waals surface area contributed by atoms with Crippen molar-refractivity contribution in [1.82, 2.24) is 14.5 Å². The highest BCUT2D eigenvalue weighted by Crippen LogP contribution is 2.14. The Labute approximate surface area is 142 Å². The first-order valence-electron chi connectivity index (χ1n) is 7.54. The number of fused-ring (bicyclic) bond motifs is 1. The molecule has 0 aliphatic carbocycles. The number of hydrogen-bond donors (Lipinski definition) is 1. The molecule has 0 radical (unpaired) electrons. The summed E-state index contributed by atoms with van der Waals surface area (Å²) in [6, 6.07) is 6.74. The number of nitrogens with zero attached hydrogens (tertiary/aromatic N) is 2. The maximum Gasteiger partial charge on any atom is 0.328 e. The lowest BCUT2D eigenvalue weighted by atomic mass is 10.1. The molecule has 1 N–H and O–H groups in total. The number of benzene rings is 1. The summed E-state index contributed by atoms with van der Waals surface area (Å²) in [5, 5.41) is 4.36. The van der Waals surface area contributed by atoms with E-state index in [1.165, 1.54) is 0 Å². The minimum Gasteiger partial charge on any atom is -0.337 e. The van der Waals surface area contributed by atoms with Crippen molar-refractivity contribution in [3.05, 3.63) is 67.0 Å². The zero-order valence-electron chi connectivity index (χ0n) is 13.4. The summed E-state index contributed by atoms with van der Waals surface area (Å²) in [6.45, 7) is 2.54. The third-order valence-electron chi connectivity index (χ3n) is 3.89. The number of rotatable bonds is 4. The molecule has 2 heterocycles. The van der Waals surface area contributed by atoms with Gasteiger partial charge in [-0.2, -0.15) is 11.3 Å². The van der Waals surface area contributed by atoms with Crippen molar-refractivity contribution < 1.29 is 4.79 Å². The molecular formula is C17H17N3O3S. The van der Waals surface area contributed by atoms with Crippen molar-refractivity contribution in [2.75, 3.05) is 7.05 Å². The molecule has 0 saturated carbocycles. The van der Waals surface area contributed by atoms with Crippen LogP contribution >= 0.6 is 11.3 Å². The van der Waals surface area contributed by atoms with Crippen LogP contribution < -0.4 is 11.2 Å². The molecule has 0 spiro atoms. The van der Waals surface area contributed by atoms with E-state index >= 15 is 0 Å². The van der Waals surface area contributed by atoms with E-state index in [2.05, 4.69) is 4.98 Å². The van der Waals surface area contributed by atoms with Gasteiger partial charge in [-0.1, -0.05) is 0 Å². The van der Waals surface area contributed by atoms with Gasteiger partial charge in [0.05, 0.1) is 10.9 Å². The largest absolute Gasteiger partial charge is 0.337 e. The van der Waals surface area contributed by atoms with Gasteiger partial charge >= 0.3 is 5.69 Å². The first-order chi connectivity index (χ1) is 11.5. The molecule has 124 valence electrons. The molecule has 1 aromatic carbocycles. The molecule has 1 amide bonds. The molecule has 7 heteroatoms. The van der Waals surface area contributed by atoms with Gasteiger partial charge in [-0.3, -0.25) is 14.2 Å². The Kier molecular flexibility index (Phi) is 4.35. The second kappa shape index (κ2) is 6.45. The van der Waals surface area contributed by atoms with Crippen LogP contribution in [-0.2, 0) is 13.1 Å². The summed E-state index contributed by atoms with van der Waals surface area (Å²) in [5.74, 6) is -0.163. The fourth-order valence-corrected chi connectivity index (χ4v) is 3.28. The van der Waals surface area contributed by atoms with Gasteiger partial charge in [0, 0.05) is 25.7 Å². The van der Waals surface area contributed by atoms with Crippen LogP contribution in [0.1, 0.15) is 22.8 Å². The zero-order chi connectivity index (χ0) is 17.3. The van der Waals surface area contributed by atoms with Crippen LogP contribution in [0.5, 0.6) is 0 Å².